The fourth-order valence-electron chi connectivity index (χ4n) is 5.91. The van der Waals surface area contributed by atoms with Gasteiger partial charge in [0, 0.05) is 24.9 Å². The number of para-hydroxylation sites is 2. The van der Waals surface area contributed by atoms with Crippen LogP contribution in [0, 0.1) is 0 Å². The van der Waals surface area contributed by atoms with Crippen LogP contribution in [-0.2, 0) is 12.3 Å². The molecule has 0 saturated carbocycles. The van der Waals surface area contributed by atoms with Crippen LogP contribution < -0.4 is 16.1 Å². The second-order valence-corrected chi connectivity index (χ2v) is 25.5. The predicted molar refractivity (Wildman–Crippen MR) is 193 cm³/mol. The van der Waals surface area contributed by atoms with Crippen LogP contribution >= 0.6 is 15.8 Å². The molecule has 0 unspecified atom stereocenters. The SMILES string of the molecule is CC(C)(C)P(Cc1ccc([Si](C)(C)C)cc1CP(c1ccc2ccccc2n1)c1ccc2ccccc2n1)C(C)(C)C. The Labute approximate surface area is 256 Å². The van der Waals surface area contributed by atoms with Gasteiger partial charge in [0.1, 0.15) is 0 Å². The van der Waals surface area contributed by atoms with Crippen LogP contribution in [0.3, 0.4) is 0 Å². The third kappa shape index (κ3) is 7.02. The number of aromatic nitrogens is 2. The number of fused-ring (bicyclic) bond motifs is 2. The van der Waals surface area contributed by atoms with Gasteiger partial charge in [-0.1, -0.05) is 141 Å². The maximum absolute atomic E-state index is 5.27. The van der Waals surface area contributed by atoms with Gasteiger partial charge in [-0.05, 0) is 51.9 Å². The van der Waals surface area contributed by atoms with E-state index in [1.807, 2.05) is 0 Å². The van der Waals surface area contributed by atoms with Gasteiger partial charge in [-0.15, -0.1) is 0 Å². The van der Waals surface area contributed by atoms with E-state index in [0.29, 0.717) is 0 Å². The summed E-state index contributed by atoms with van der Waals surface area (Å²) >= 11 is 0. The lowest BCUT2D eigenvalue weighted by Crippen LogP contribution is -2.38. The topological polar surface area (TPSA) is 25.8 Å². The quantitative estimate of drug-likeness (QED) is 0.136. The fraction of sp³-hybridized carbons (Fsp3) is 0.351. The van der Waals surface area contributed by atoms with Crippen molar-refractivity contribution in [2.75, 3.05) is 0 Å². The molecule has 2 aromatic heterocycles. The molecule has 0 amide bonds. The molecule has 0 aliphatic heterocycles. The highest BCUT2D eigenvalue weighted by molar-refractivity contribution is 7.71. The van der Waals surface area contributed by atoms with E-state index in [-0.39, 0.29) is 18.2 Å². The van der Waals surface area contributed by atoms with Crippen LogP contribution in [0.5, 0.6) is 0 Å². The van der Waals surface area contributed by atoms with Crippen molar-refractivity contribution < 1.29 is 0 Å². The summed E-state index contributed by atoms with van der Waals surface area (Å²) in [7, 11) is -2.59. The van der Waals surface area contributed by atoms with Crippen LogP contribution in [-0.4, -0.2) is 28.4 Å². The highest BCUT2D eigenvalue weighted by Gasteiger charge is 2.35. The van der Waals surface area contributed by atoms with Gasteiger partial charge in [-0.3, -0.25) is 0 Å². The Morgan fingerprint density at radius 2 is 1.07 bits per heavy atom. The van der Waals surface area contributed by atoms with E-state index < -0.39 is 16.0 Å². The van der Waals surface area contributed by atoms with Gasteiger partial charge in [0.25, 0.3) is 0 Å². The molecule has 0 saturated heterocycles. The van der Waals surface area contributed by atoms with Crippen LogP contribution in [0.2, 0.25) is 19.6 Å². The number of nitrogens with zero attached hydrogens (tertiary/aromatic N) is 2. The van der Waals surface area contributed by atoms with Crippen molar-refractivity contribution in [1.29, 1.82) is 0 Å². The number of hydrogen-bond donors (Lipinski definition) is 0. The second-order valence-electron chi connectivity index (χ2n) is 14.5. The molecule has 218 valence electrons. The first kappa shape index (κ1) is 31.0. The van der Waals surface area contributed by atoms with Crippen LogP contribution in [0.15, 0.2) is 91.0 Å². The van der Waals surface area contributed by atoms with Gasteiger partial charge in [-0.2, -0.15) is 0 Å². The number of hydrogen-bond acceptors (Lipinski definition) is 2. The molecule has 3 aromatic carbocycles. The molecule has 0 aliphatic rings. The minimum absolute atomic E-state index is 0.266. The average molecular weight is 609 g/mol. The zero-order chi connectivity index (χ0) is 30.3. The highest BCUT2D eigenvalue weighted by atomic mass is 31.1. The molecule has 0 bridgehead atoms. The summed E-state index contributed by atoms with van der Waals surface area (Å²) in [5.74, 6) is 0. The molecule has 0 atom stereocenters. The van der Waals surface area contributed by atoms with Crippen molar-refractivity contribution in [2.45, 2.75) is 83.8 Å². The average Bonchev–Trinajstić information content (AvgIpc) is 2.92. The van der Waals surface area contributed by atoms with Gasteiger partial charge < -0.3 is 0 Å². The lowest BCUT2D eigenvalue weighted by molar-refractivity contribution is 0.702. The molecule has 5 rings (SSSR count). The Morgan fingerprint density at radius 1 is 0.571 bits per heavy atom. The summed E-state index contributed by atoms with van der Waals surface area (Å²) in [6, 6.07) is 33.4. The summed E-state index contributed by atoms with van der Waals surface area (Å²) < 4.78 is 0. The lowest BCUT2D eigenvalue weighted by atomic mass is 10.1. The minimum atomic E-state index is -1.50. The zero-order valence-electron chi connectivity index (χ0n) is 26.9. The van der Waals surface area contributed by atoms with Crippen molar-refractivity contribution in [3.05, 3.63) is 102 Å². The standard InChI is InChI=1S/C37H46N2P2Si/c1-36(2,3)41(37(4,5)6)26-29-18-21-31(42(7,8)9)24-30(29)25-40(34-22-19-27-14-10-12-16-32(27)38-34)35-23-20-28-15-11-13-17-33(28)39-35/h10-24H,25-26H2,1-9H3. The van der Waals surface area contributed by atoms with Crippen molar-refractivity contribution in [2.24, 2.45) is 0 Å². The maximum atomic E-state index is 5.27. The Morgan fingerprint density at radius 3 is 1.55 bits per heavy atom. The first-order valence-electron chi connectivity index (χ1n) is 15.1. The third-order valence-corrected chi connectivity index (χ3v) is 16.3. The van der Waals surface area contributed by atoms with E-state index in [4.69, 9.17) is 9.97 Å². The molecule has 2 heterocycles. The van der Waals surface area contributed by atoms with Crippen molar-refractivity contribution in [3.63, 3.8) is 0 Å². The predicted octanol–water partition coefficient (Wildman–Crippen LogP) is 9.54. The molecule has 0 spiro atoms. The number of benzene rings is 3. The van der Waals surface area contributed by atoms with Crippen LogP contribution in [0.1, 0.15) is 52.7 Å². The Balaban J connectivity index is 1.67. The van der Waals surface area contributed by atoms with Crippen LogP contribution in [0.4, 0.5) is 0 Å². The molecule has 0 N–H and O–H groups in total. The summed E-state index contributed by atoms with van der Waals surface area (Å²) in [4.78, 5) is 10.5. The molecular weight excluding hydrogens is 562 g/mol. The van der Waals surface area contributed by atoms with Gasteiger partial charge >= 0.3 is 0 Å². The van der Waals surface area contributed by atoms with Crippen molar-refractivity contribution in [3.8, 4) is 0 Å². The Hall–Kier alpha value is -2.44. The highest BCUT2D eigenvalue weighted by Crippen LogP contribution is 2.61. The molecule has 0 fully saturated rings. The fourth-order valence-corrected chi connectivity index (χ4v) is 12.9. The third-order valence-electron chi connectivity index (χ3n) is 8.07. The van der Waals surface area contributed by atoms with Gasteiger partial charge in [0.05, 0.1) is 30.0 Å². The van der Waals surface area contributed by atoms with E-state index in [9.17, 15) is 0 Å². The van der Waals surface area contributed by atoms with Gasteiger partial charge in [0.2, 0.25) is 0 Å². The molecule has 5 aromatic rings. The Bertz CT molecular complexity index is 1620. The summed E-state index contributed by atoms with van der Waals surface area (Å²) in [6.07, 6.45) is 2.10. The molecular formula is C37H46N2P2Si. The minimum Gasteiger partial charge on any atom is -0.248 e. The van der Waals surface area contributed by atoms with Crippen molar-refractivity contribution >= 4 is 61.8 Å². The summed E-state index contributed by atoms with van der Waals surface area (Å²) in [5.41, 5.74) is 7.44. The van der Waals surface area contributed by atoms with Gasteiger partial charge in [0.15, 0.2) is 0 Å². The maximum Gasteiger partial charge on any atom is 0.0776 e. The number of rotatable bonds is 7. The molecule has 42 heavy (non-hydrogen) atoms. The van der Waals surface area contributed by atoms with E-state index >= 15 is 0 Å². The monoisotopic (exact) mass is 608 g/mol. The molecule has 2 nitrogen and oxygen atoms in total. The lowest BCUT2D eigenvalue weighted by Gasteiger charge is -2.42. The second kappa shape index (κ2) is 11.9. The molecule has 5 heteroatoms. The zero-order valence-corrected chi connectivity index (χ0v) is 29.7. The summed E-state index contributed by atoms with van der Waals surface area (Å²) in [6.45, 7) is 22.0. The smallest absolute Gasteiger partial charge is 0.0776 e. The van der Waals surface area contributed by atoms with E-state index in [1.165, 1.54) is 27.1 Å². The summed E-state index contributed by atoms with van der Waals surface area (Å²) in [5, 5.41) is 4.44. The molecule has 0 radical (unpaired) electrons. The molecule has 0 aliphatic carbocycles. The van der Waals surface area contributed by atoms with Crippen LogP contribution in [0.25, 0.3) is 21.8 Å². The van der Waals surface area contributed by atoms with Crippen molar-refractivity contribution in [1.82, 2.24) is 9.97 Å². The first-order chi connectivity index (χ1) is 19.7. The van der Waals surface area contributed by atoms with E-state index in [0.717, 1.165) is 34.2 Å². The van der Waals surface area contributed by atoms with E-state index in [1.54, 1.807) is 0 Å². The van der Waals surface area contributed by atoms with Gasteiger partial charge in [-0.25, -0.2) is 9.97 Å². The van der Waals surface area contributed by atoms with E-state index in [2.05, 4.69) is 152 Å². The largest absolute Gasteiger partial charge is 0.248 e. The Kier molecular flexibility index (Phi) is 8.79. The first-order valence-corrected chi connectivity index (χ1v) is 21.6. The normalized spacial score (nSPS) is 13.0. The number of pyridine rings is 2.